The minimum Gasteiger partial charge on any atom is -0.314 e. The minimum absolute atomic E-state index is 0.517. The van der Waals surface area contributed by atoms with E-state index < -0.39 is 0 Å². The number of aryl methyl sites for hydroxylation is 1. The summed E-state index contributed by atoms with van der Waals surface area (Å²) in [7, 11) is 4.32. The number of rotatable bonds is 5. The van der Waals surface area contributed by atoms with Gasteiger partial charge in [-0.3, -0.25) is 4.90 Å². The molecule has 1 unspecified atom stereocenters. The summed E-state index contributed by atoms with van der Waals surface area (Å²) >= 11 is 0. The van der Waals surface area contributed by atoms with E-state index in [9.17, 15) is 0 Å². The number of hydrogen-bond acceptors (Lipinski definition) is 3. The number of piperazine rings is 1. The van der Waals surface area contributed by atoms with Gasteiger partial charge in [-0.1, -0.05) is 31.2 Å². The maximum absolute atomic E-state index is 3.44. The molecule has 0 saturated carbocycles. The number of nitrogens with one attached hydrogen (secondary N) is 1. The lowest BCUT2D eigenvalue weighted by atomic mass is 10.0. The first-order valence-electron chi connectivity index (χ1n) is 7.39. The van der Waals surface area contributed by atoms with E-state index in [1.807, 2.05) is 0 Å². The second-order valence-corrected chi connectivity index (χ2v) is 5.66. The molecule has 3 heteroatoms. The van der Waals surface area contributed by atoms with Crippen molar-refractivity contribution in [3.8, 4) is 0 Å². The third-order valence-corrected chi connectivity index (χ3v) is 3.90. The number of hydrogen-bond donors (Lipinski definition) is 1. The lowest BCUT2D eigenvalue weighted by Gasteiger charge is -2.36. The standard InChI is InChI=1S/C16H27N3/c1-4-14-5-7-15(8-6-14)16(13-18(2)3)19-11-9-17-10-12-19/h5-8,16-17H,4,9-13H2,1-3H3. The molecule has 2 rings (SSSR count). The predicted molar refractivity (Wildman–Crippen MR) is 81.6 cm³/mol. The SMILES string of the molecule is CCc1ccc(C(CN(C)C)N2CCNCC2)cc1. The molecule has 1 fully saturated rings. The van der Waals surface area contributed by atoms with Crippen molar-refractivity contribution in [3.05, 3.63) is 35.4 Å². The summed E-state index contributed by atoms with van der Waals surface area (Å²) in [5, 5.41) is 3.44. The summed E-state index contributed by atoms with van der Waals surface area (Å²) in [6.45, 7) is 7.81. The van der Waals surface area contributed by atoms with Crippen LogP contribution in [0.5, 0.6) is 0 Å². The lowest BCUT2D eigenvalue weighted by molar-refractivity contribution is 0.145. The molecule has 0 aliphatic carbocycles. The fourth-order valence-corrected chi connectivity index (χ4v) is 2.75. The van der Waals surface area contributed by atoms with E-state index in [4.69, 9.17) is 0 Å². The van der Waals surface area contributed by atoms with E-state index in [1.54, 1.807) is 0 Å². The highest BCUT2D eigenvalue weighted by Crippen LogP contribution is 2.22. The van der Waals surface area contributed by atoms with Gasteiger partial charge in [-0.15, -0.1) is 0 Å². The van der Waals surface area contributed by atoms with Gasteiger partial charge in [0.2, 0.25) is 0 Å². The molecule has 1 aliphatic rings. The Morgan fingerprint density at radius 2 is 1.79 bits per heavy atom. The maximum Gasteiger partial charge on any atom is 0.0476 e. The smallest absolute Gasteiger partial charge is 0.0476 e. The summed E-state index contributed by atoms with van der Waals surface area (Å²) in [6.07, 6.45) is 1.12. The molecule has 1 aromatic rings. The molecule has 1 N–H and O–H groups in total. The van der Waals surface area contributed by atoms with Crippen molar-refractivity contribution in [1.82, 2.24) is 15.1 Å². The largest absolute Gasteiger partial charge is 0.314 e. The molecule has 106 valence electrons. The highest BCUT2D eigenvalue weighted by molar-refractivity contribution is 5.25. The summed E-state index contributed by atoms with van der Waals surface area (Å²) < 4.78 is 0. The van der Waals surface area contributed by atoms with Gasteiger partial charge in [0, 0.05) is 38.8 Å². The topological polar surface area (TPSA) is 18.5 Å². The Bertz CT molecular complexity index is 366. The van der Waals surface area contributed by atoms with E-state index in [0.29, 0.717) is 6.04 Å². The van der Waals surface area contributed by atoms with Crippen molar-refractivity contribution in [1.29, 1.82) is 0 Å². The van der Waals surface area contributed by atoms with Crippen molar-refractivity contribution in [3.63, 3.8) is 0 Å². The predicted octanol–water partition coefficient (Wildman–Crippen LogP) is 1.76. The van der Waals surface area contributed by atoms with Gasteiger partial charge < -0.3 is 10.2 Å². The zero-order valence-electron chi connectivity index (χ0n) is 12.5. The zero-order chi connectivity index (χ0) is 13.7. The Balaban J connectivity index is 2.14. The highest BCUT2D eigenvalue weighted by Gasteiger charge is 2.22. The van der Waals surface area contributed by atoms with Crippen molar-refractivity contribution in [2.24, 2.45) is 0 Å². The quantitative estimate of drug-likeness (QED) is 0.871. The number of benzene rings is 1. The van der Waals surface area contributed by atoms with Crippen LogP contribution in [-0.4, -0.2) is 56.6 Å². The average molecular weight is 261 g/mol. The fraction of sp³-hybridized carbons (Fsp3) is 0.625. The summed E-state index contributed by atoms with van der Waals surface area (Å²) in [4.78, 5) is 4.90. The number of likely N-dealkylation sites (N-methyl/N-ethyl adjacent to an activating group) is 1. The van der Waals surface area contributed by atoms with Crippen molar-refractivity contribution < 1.29 is 0 Å². The van der Waals surface area contributed by atoms with Crippen molar-refractivity contribution >= 4 is 0 Å². The van der Waals surface area contributed by atoms with E-state index in [0.717, 1.165) is 39.1 Å². The van der Waals surface area contributed by atoms with Crippen LogP contribution >= 0.6 is 0 Å². The third-order valence-electron chi connectivity index (χ3n) is 3.90. The van der Waals surface area contributed by atoms with Crippen LogP contribution in [0.25, 0.3) is 0 Å². The van der Waals surface area contributed by atoms with Gasteiger partial charge in [0.05, 0.1) is 0 Å². The Hall–Kier alpha value is -0.900. The Kier molecular flexibility index (Phi) is 5.37. The molecule has 1 heterocycles. The summed E-state index contributed by atoms with van der Waals surface area (Å²) in [6, 6.07) is 9.70. The first-order valence-corrected chi connectivity index (χ1v) is 7.39. The van der Waals surface area contributed by atoms with Crippen molar-refractivity contribution in [2.45, 2.75) is 19.4 Å². The monoisotopic (exact) mass is 261 g/mol. The second-order valence-electron chi connectivity index (χ2n) is 5.66. The van der Waals surface area contributed by atoms with Crippen LogP contribution in [0.2, 0.25) is 0 Å². The Labute approximate surface area is 117 Å². The van der Waals surface area contributed by atoms with Gasteiger partial charge in [-0.05, 0) is 31.6 Å². The molecule has 1 aliphatic heterocycles. The van der Waals surface area contributed by atoms with E-state index in [2.05, 4.69) is 60.4 Å². The Morgan fingerprint density at radius 3 is 2.32 bits per heavy atom. The third kappa shape index (κ3) is 4.03. The van der Waals surface area contributed by atoms with Crippen LogP contribution in [0.1, 0.15) is 24.1 Å². The van der Waals surface area contributed by atoms with Gasteiger partial charge in [0.1, 0.15) is 0 Å². The van der Waals surface area contributed by atoms with Gasteiger partial charge in [0.25, 0.3) is 0 Å². The normalized spacial score (nSPS) is 18.7. The molecule has 19 heavy (non-hydrogen) atoms. The fourth-order valence-electron chi connectivity index (χ4n) is 2.75. The minimum atomic E-state index is 0.517. The molecule has 1 saturated heterocycles. The molecular formula is C16H27N3. The Morgan fingerprint density at radius 1 is 1.16 bits per heavy atom. The first kappa shape index (κ1) is 14.5. The summed E-state index contributed by atoms with van der Waals surface area (Å²) in [5.41, 5.74) is 2.88. The molecule has 0 radical (unpaired) electrons. The van der Waals surface area contributed by atoms with E-state index in [1.165, 1.54) is 11.1 Å². The molecule has 1 aromatic carbocycles. The number of nitrogens with zero attached hydrogens (tertiary/aromatic N) is 2. The summed E-state index contributed by atoms with van der Waals surface area (Å²) in [5.74, 6) is 0. The van der Waals surface area contributed by atoms with E-state index >= 15 is 0 Å². The average Bonchev–Trinajstić information content (AvgIpc) is 2.46. The van der Waals surface area contributed by atoms with Crippen LogP contribution in [0.3, 0.4) is 0 Å². The van der Waals surface area contributed by atoms with Crippen molar-refractivity contribution in [2.75, 3.05) is 46.8 Å². The first-order chi connectivity index (χ1) is 9.20. The zero-order valence-corrected chi connectivity index (χ0v) is 12.5. The van der Waals surface area contributed by atoms with E-state index in [-0.39, 0.29) is 0 Å². The second kappa shape index (κ2) is 7.04. The lowest BCUT2D eigenvalue weighted by Crippen LogP contribution is -2.47. The van der Waals surface area contributed by atoms with Gasteiger partial charge >= 0.3 is 0 Å². The van der Waals surface area contributed by atoms with Crippen LogP contribution < -0.4 is 5.32 Å². The molecule has 0 aromatic heterocycles. The van der Waals surface area contributed by atoms with Gasteiger partial charge in [-0.2, -0.15) is 0 Å². The molecule has 0 bridgehead atoms. The van der Waals surface area contributed by atoms with Crippen LogP contribution in [0, 0.1) is 0 Å². The van der Waals surface area contributed by atoms with Crippen LogP contribution in [-0.2, 0) is 6.42 Å². The molecule has 0 spiro atoms. The van der Waals surface area contributed by atoms with Gasteiger partial charge in [-0.25, -0.2) is 0 Å². The molecule has 3 nitrogen and oxygen atoms in total. The molecule has 1 atom stereocenters. The van der Waals surface area contributed by atoms with Crippen LogP contribution in [0.15, 0.2) is 24.3 Å². The highest BCUT2D eigenvalue weighted by atomic mass is 15.2. The van der Waals surface area contributed by atoms with Gasteiger partial charge in [0.15, 0.2) is 0 Å². The molecule has 0 amide bonds. The maximum atomic E-state index is 3.44. The van der Waals surface area contributed by atoms with Crippen LogP contribution in [0.4, 0.5) is 0 Å². The molecular weight excluding hydrogens is 234 g/mol.